The third-order valence-corrected chi connectivity index (χ3v) is 4.22. The van der Waals surface area contributed by atoms with Crippen LogP contribution in [-0.2, 0) is 0 Å². The molecule has 1 aliphatic heterocycles. The zero-order chi connectivity index (χ0) is 11.0. The Morgan fingerprint density at radius 2 is 2.19 bits per heavy atom. The Morgan fingerprint density at radius 3 is 3.00 bits per heavy atom. The minimum Gasteiger partial charge on any atom is -0.384 e. The Morgan fingerprint density at radius 1 is 1.38 bits per heavy atom. The van der Waals surface area contributed by atoms with Crippen molar-refractivity contribution in [1.29, 1.82) is 0 Å². The van der Waals surface area contributed by atoms with Crippen molar-refractivity contribution < 1.29 is 0 Å². The van der Waals surface area contributed by atoms with E-state index in [1.165, 1.54) is 31.6 Å². The quantitative estimate of drug-likeness (QED) is 0.835. The van der Waals surface area contributed by atoms with Crippen LogP contribution in [0.4, 0.5) is 5.69 Å². The zero-order valence-electron chi connectivity index (χ0n) is 9.95. The van der Waals surface area contributed by atoms with E-state index < -0.39 is 0 Å². The van der Waals surface area contributed by atoms with Crippen molar-refractivity contribution in [1.82, 2.24) is 4.90 Å². The van der Waals surface area contributed by atoms with Gasteiger partial charge >= 0.3 is 0 Å². The summed E-state index contributed by atoms with van der Waals surface area (Å²) in [5.74, 6) is 0.986. The van der Waals surface area contributed by atoms with Crippen LogP contribution in [0.5, 0.6) is 0 Å². The lowest BCUT2D eigenvalue weighted by Crippen LogP contribution is -2.37. The molecule has 2 unspecified atom stereocenters. The predicted octanol–water partition coefficient (Wildman–Crippen LogP) is 2.44. The molecule has 0 spiro atoms. The number of fused-ring (bicyclic) bond motifs is 1. The van der Waals surface area contributed by atoms with E-state index in [0.717, 1.165) is 12.5 Å². The number of nitrogens with zero attached hydrogens (tertiary/aromatic N) is 1. The van der Waals surface area contributed by atoms with Crippen molar-refractivity contribution in [3.8, 4) is 0 Å². The summed E-state index contributed by atoms with van der Waals surface area (Å²) in [6, 6.07) is 10.6. The van der Waals surface area contributed by atoms with Crippen molar-refractivity contribution in [2.24, 2.45) is 11.3 Å². The number of benzene rings is 1. The van der Waals surface area contributed by atoms with Gasteiger partial charge in [-0.1, -0.05) is 18.2 Å². The number of piperidine rings is 1. The fourth-order valence-electron chi connectivity index (χ4n) is 3.13. The van der Waals surface area contributed by atoms with E-state index in [-0.39, 0.29) is 0 Å². The third-order valence-electron chi connectivity index (χ3n) is 4.22. The number of hydrogen-bond acceptors (Lipinski definition) is 2. The lowest BCUT2D eigenvalue weighted by molar-refractivity contribution is 0.206. The van der Waals surface area contributed by atoms with E-state index in [1.807, 2.05) is 0 Å². The number of likely N-dealkylation sites (tertiary alicyclic amines) is 1. The molecule has 2 nitrogen and oxygen atoms in total. The minimum atomic E-state index is 0.586. The van der Waals surface area contributed by atoms with Gasteiger partial charge in [0.1, 0.15) is 0 Å². The van der Waals surface area contributed by atoms with Crippen LogP contribution in [0.1, 0.15) is 12.8 Å². The number of para-hydroxylation sites is 1. The maximum absolute atomic E-state index is 3.59. The highest BCUT2D eigenvalue weighted by Gasteiger charge is 2.55. The van der Waals surface area contributed by atoms with Crippen molar-refractivity contribution in [2.45, 2.75) is 12.8 Å². The molecule has 1 aliphatic carbocycles. The van der Waals surface area contributed by atoms with E-state index in [9.17, 15) is 0 Å². The van der Waals surface area contributed by atoms with E-state index >= 15 is 0 Å². The molecule has 2 fully saturated rings. The molecular formula is C14H20N2. The molecule has 2 heteroatoms. The second-order valence-corrected chi connectivity index (χ2v) is 5.51. The molecule has 1 heterocycles. The molecule has 2 atom stereocenters. The molecule has 0 bridgehead atoms. The van der Waals surface area contributed by atoms with Crippen LogP contribution < -0.4 is 5.32 Å². The normalized spacial score (nSPS) is 33.2. The Bertz CT molecular complexity index is 362. The highest BCUT2D eigenvalue weighted by atomic mass is 15.1. The smallest absolute Gasteiger partial charge is 0.0340 e. The molecule has 1 saturated heterocycles. The largest absolute Gasteiger partial charge is 0.384 e. The number of hydrogen-bond donors (Lipinski definition) is 1. The van der Waals surface area contributed by atoms with Gasteiger partial charge in [-0.3, -0.25) is 0 Å². The first kappa shape index (κ1) is 10.2. The van der Waals surface area contributed by atoms with Gasteiger partial charge in [0.15, 0.2) is 0 Å². The monoisotopic (exact) mass is 216 g/mol. The molecule has 0 radical (unpaired) electrons. The minimum absolute atomic E-state index is 0.586. The first-order valence-corrected chi connectivity index (χ1v) is 6.26. The Kier molecular flexibility index (Phi) is 2.40. The van der Waals surface area contributed by atoms with Crippen molar-refractivity contribution in [3.05, 3.63) is 30.3 Å². The van der Waals surface area contributed by atoms with Gasteiger partial charge in [0, 0.05) is 24.2 Å². The van der Waals surface area contributed by atoms with Crippen molar-refractivity contribution >= 4 is 5.69 Å². The van der Waals surface area contributed by atoms with Gasteiger partial charge < -0.3 is 10.2 Å². The summed E-state index contributed by atoms with van der Waals surface area (Å²) < 4.78 is 0. The van der Waals surface area contributed by atoms with E-state index in [1.54, 1.807) is 0 Å². The van der Waals surface area contributed by atoms with Gasteiger partial charge in [-0.25, -0.2) is 0 Å². The van der Waals surface area contributed by atoms with Crippen LogP contribution in [0.2, 0.25) is 0 Å². The average molecular weight is 216 g/mol. The lowest BCUT2D eigenvalue weighted by Gasteiger charge is -2.30. The highest BCUT2D eigenvalue weighted by Crippen LogP contribution is 2.56. The fraction of sp³-hybridized carbons (Fsp3) is 0.571. The molecule has 3 rings (SSSR count). The Labute approximate surface area is 97.6 Å². The van der Waals surface area contributed by atoms with E-state index in [4.69, 9.17) is 0 Å². The molecule has 1 N–H and O–H groups in total. The maximum atomic E-state index is 3.59. The van der Waals surface area contributed by atoms with Gasteiger partial charge in [-0.15, -0.1) is 0 Å². The van der Waals surface area contributed by atoms with E-state index in [0.29, 0.717) is 5.41 Å². The van der Waals surface area contributed by atoms with Crippen LogP contribution in [0, 0.1) is 11.3 Å². The number of nitrogens with one attached hydrogen (secondary N) is 1. The molecule has 0 aromatic heterocycles. The van der Waals surface area contributed by atoms with Crippen LogP contribution >= 0.6 is 0 Å². The third kappa shape index (κ3) is 1.82. The summed E-state index contributed by atoms with van der Waals surface area (Å²) in [5.41, 5.74) is 1.85. The van der Waals surface area contributed by atoms with Crippen LogP contribution in [0.25, 0.3) is 0 Å². The number of anilines is 1. The maximum Gasteiger partial charge on any atom is 0.0340 e. The van der Waals surface area contributed by atoms with Crippen LogP contribution in [0.3, 0.4) is 0 Å². The Balaban J connectivity index is 1.60. The van der Waals surface area contributed by atoms with Crippen molar-refractivity contribution in [3.63, 3.8) is 0 Å². The summed E-state index contributed by atoms with van der Waals surface area (Å²) in [5, 5.41) is 3.59. The summed E-state index contributed by atoms with van der Waals surface area (Å²) >= 11 is 0. The molecule has 1 aromatic carbocycles. The van der Waals surface area contributed by atoms with Crippen molar-refractivity contribution in [2.75, 3.05) is 32.0 Å². The van der Waals surface area contributed by atoms with Gasteiger partial charge in [-0.05, 0) is 44.5 Å². The Hall–Kier alpha value is -1.02. The lowest BCUT2D eigenvalue weighted by atomic mass is 9.97. The standard InChI is InChI=1S/C14H20N2/c1-16-8-7-12-9-14(12,11-16)10-15-13-5-3-2-4-6-13/h2-6,12,15H,7-11H2,1H3. The molecule has 1 aromatic rings. The second-order valence-electron chi connectivity index (χ2n) is 5.51. The number of rotatable bonds is 3. The predicted molar refractivity (Wildman–Crippen MR) is 67.6 cm³/mol. The molecule has 2 aliphatic rings. The fourth-order valence-corrected chi connectivity index (χ4v) is 3.13. The average Bonchev–Trinajstić information content (AvgIpc) is 3.02. The molecule has 86 valence electrons. The SMILES string of the molecule is CN1CCC2CC2(CNc2ccccc2)C1. The highest BCUT2D eigenvalue weighted by molar-refractivity contribution is 5.43. The molecule has 16 heavy (non-hydrogen) atoms. The summed E-state index contributed by atoms with van der Waals surface area (Å²) in [4.78, 5) is 2.48. The molecule has 1 saturated carbocycles. The first-order valence-electron chi connectivity index (χ1n) is 6.26. The molecule has 0 amide bonds. The van der Waals surface area contributed by atoms with Gasteiger partial charge in [0.2, 0.25) is 0 Å². The van der Waals surface area contributed by atoms with Crippen LogP contribution in [0.15, 0.2) is 30.3 Å². The second kappa shape index (κ2) is 3.77. The zero-order valence-corrected chi connectivity index (χ0v) is 9.95. The van der Waals surface area contributed by atoms with Gasteiger partial charge in [0.25, 0.3) is 0 Å². The first-order chi connectivity index (χ1) is 7.78. The summed E-state index contributed by atoms with van der Waals surface area (Å²) in [6.45, 7) is 3.71. The van der Waals surface area contributed by atoms with Crippen LogP contribution in [-0.4, -0.2) is 31.6 Å². The van der Waals surface area contributed by atoms with E-state index in [2.05, 4.69) is 47.6 Å². The molecular weight excluding hydrogens is 196 g/mol. The summed E-state index contributed by atoms with van der Waals surface area (Å²) in [6.07, 6.45) is 2.82. The summed E-state index contributed by atoms with van der Waals surface area (Å²) in [7, 11) is 2.25. The van der Waals surface area contributed by atoms with Gasteiger partial charge in [-0.2, -0.15) is 0 Å². The topological polar surface area (TPSA) is 15.3 Å². The van der Waals surface area contributed by atoms with Gasteiger partial charge in [0.05, 0.1) is 0 Å².